The van der Waals surface area contributed by atoms with E-state index in [9.17, 15) is 4.79 Å². The first-order valence-corrected chi connectivity index (χ1v) is 5.91. The zero-order valence-electron chi connectivity index (χ0n) is 11.6. The van der Waals surface area contributed by atoms with Crippen LogP contribution in [0.4, 0.5) is 0 Å². The summed E-state index contributed by atoms with van der Waals surface area (Å²) in [5.41, 5.74) is -0.404. The van der Waals surface area contributed by atoms with E-state index in [4.69, 9.17) is 9.47 Å². The largest absolute Gasteiger partial charge is 0.382 e. The third-order valence-electron chi connectivity index (χ3n) is 1.66. The Labute approximate surface area is 99.7 Å². The van der Waals surface area contributed by atoms with E-state index < -0.39 is 5.60 Å². The summed E-state index contributed by atoms with van der Waals surface area (Å²) >= 11 is 0. The van der Waals surface area contributed by atoms with Gasteiger partial charge in [-0.3, -0.25) is 4.79 Å². The van der Waals surface area contributed by atoms with E-state index in [1.807, 2.05) is 34.6 Å². The van der Waals surface area contributed by atoms with Crippen molar-refractivity contribution >= 4 is 5.91 Å². The minimum Gasteiger partial charge on any atom is -0.382 e. The molecule has 0 atom stereocenters. The summed E-state index contributed by atoms with van der Waals surface area (Å²) in [6.07, 6.45) is 0.938. The van der Waals surface area contributed by atoms with Gasteiger partial charge in [-0.05, 0) is 20.3 Å². The maximum absolute atomic E-state index is 11.2. The molecule has 0 bridgehead atoms. The van der Waals surface area contributed by atoms with Crippen molar-refractivity contribution in [1.82, 2.24) is 5.32 Å². The molecule has 0 spiro atoms. The number of methoxy groups -OCH3 is 1. The fourth-order valence-corrected chi connectivity index (χ4v) is 0.966. The van der Waals surface area contributed by atoms with Crippen LogP contribution in [-0.2, 0) is 14.3 Å². The highest BCUT2D eigenvalue weighted by atomic mass is 16.5. The van der Waals surface area contributed by atoms with Crippen LogP contribution < -0.4 is 5.32 Å². The average molecular weight is 233 g/mol. The molecule has 0 rings (SSSR count). The summed E-state index contributed by atoms with van der Waals surface area (Å²) in [7, 11) is 1.61. The van der Waals surface area contributed by atoms with E-state index in [2.05, 4.69) is 5.32 Å². The van der Waals surface area contributed by atoms with Crippen LogP contribution in [0.25, 0.3) is 0 Å². The molecular formula is C12H27NO3. The molecule has 1 N–H and O–H groups in total. The Morgan fingerprint density at radius 2 is 1.88 bits per heavy atom. The molecule has 0 aliphatic heterocycles. The first-order chi connectivity index (χ1) is 7.52. The van der Waals surface area contributed by atoms with E-state index in [1.165, 1.54) is 0 Å². The lowest BCUT2D eigenvalue weighted by Crippen LogP contribution is -2.36. The van der Waals surface area contributed by atoms with Crippen molar-refractivity contribution in [2.75, 3.05) is 26.9 Å². The minimum atomic E-state index is -0.404. The second kappa shape index (κ2) is 10.9. The van der Waals surface area contributed by atoms with Crippen LogP contribution in [0, 0.1) is 0 Å². The second-order valence-corrected chi connectivity index (χ2v) is 3.83. The van der Waals surface area contributed by atoms with Gasteiger partial charge in [0.2, 0.25) is 5.91 Å². The molecule has 0 unspecified atom stereocenters. The van der Waals surface area contributed by atoms with Crippen molar-refractivity contribution in [1.29, 1.82) is 0 Å². The Balaban J connectivity index is 0. The molecular weight excluding hydrogens is 206 g/mol. The molecule has 1 amide bonds. The topological polar surface area (TPSA) is 47.6 Å². The zero-order chi connectivity index (χ0) is 13.0. The fraction of sp³-hybridized carbons (Fsp3) is 0.917. The number of nitrogens with one attached hydrogen (secondary N) is 1. The molecule has 0 aliphatic rings. The Bertz CT molecular complexity index is 170. The molecule has 0 fully saturated rings. The van der Waals surface area contributed by atoms with Crippen LogP contribution in [0.15, 0.2) is 0 Å². The summed E-state index contributed by atoms with van der Waals surface area (Å²) in [5, 5.41) is 2.74. The quantitative estimate of drug-likeness (QED) is 0.731. The van der Waals surface area contributed by atoms with Gasteiger partial charge in [0, 0.05) is 13.7 Å². The Hall–Kier alpha value is -0.610. The van der Waals surface area contributed by atoms with E-state index in [-0.39, 0.29) is 12.5 Å². The predicted molar refractivity (Wildman–Crippen MR) is 66.6 cm³/mol. The molecule has 4 nitrogen and oxygen atoms in total. The van der Waals surface area contributed by atoms with Crippen LogP contribution in [-0.4, -0.2) is 38.4 Å². The normalized spacial score (nSPS) is 10.4. The molecule has 4 heteroatoms. The third kappa shape index (κ3) is 11.5. The SMILES string of the molecule is CC.CCCNC(=O)COC(C)(C)COC. The first-order valence-electron chi connectivity index (χ1n) is 5.91. The van der Waals surface area contributed by atoms with E-state index in [0.717, 1.165) is 6.42 Å². The molecule has 0 aliphatic carbocycles. The summed E-state index contributed by atoms with van der Waals surface area (Å²) in [5.74, 6) is -0.0731. The fourth-order valence-electron chi connectivity index (χ4n) is 0.966. The van der Waals surface area contributed by atoms with Crippen LogP contribution in [0.3, 0.4) is 0 Å². The number of hydrogen-bond acceptors (Lipinski definition) is 3. The van der Waals surface area contributed by atoms with Crippen LogP contribution in [0.1, 0.15) is 41.0 Å². The van der Waals surface area contributed by atoms with Crippen LogP contribution in [0.2, 0.25) is 0 Å². The number of amides is 1. The highest BCUT2D eigenvalue weighted by Crippen LogP contribution is 2.08. The van der Waals surface area contributed by atoms with Gasteiger partial charge < -0.3 is 14.8 Å². The number of rotatable bonds is 7. The lowest BCUT2D eigenvalue weighted by molar-refractivity contribution is -0.134. The van der Waals surface area contributed by atoms with Crippen molar-refractivity contribution in [3.63, 3.8) is 0 Å². The monoisotopic (exact) mass is 233 g/mol. The molecule has 98 valence electrons. The Kier molecular flexibility index (Phi) is 12.1. The van der Waals surface area contributed by atoms with Gasteiger partial charge in [-0.1, -0.05) is 20.8 Å². The van der Waals surface area contributed by atoms with Gasteiger partial charge >= 0.3 is 0 Å². The van der Waals surface area contributed by atoms with Gasteiger partial charge in [-0.2, -0.15) is 0 Å². The van der Waals surface area contributed by atoms with E-state index in [1.54, 1.807) is 7.11 Å². The van der Waals surface area contributed by atoms with Gasteiger partial charge in [0.25, 0.3) is 0 Å². The number of hydrogen-bond donors (Lipinski definition) is 1. The number of ether oxygens (including phenoxy) is 2. The van der Waals surface area contributed by atoms with E-state index >= 15 is 0 Å². The van der Waals surface area contributed by atoms with Gasteiger partial charge in [0.1, 0.15) is 6.61 Å². The second-order valence-electron chi connectivity index (χ2n) is 3.83. The molecule has 0 heterocycles. The highest BCUT2D eigenvalue weighted by molar-refractivity contribution is 5.77. The molecule has 0 aromatic heterocycles. The zero-order valence-corrected chi connectivity index (χ0v) is 11.6. The van der Waals surface area contributed by atoms with Gasteiger partial charge in [0.15, 0.2) is 0 Å². The predicted octanol–water partition coefficient (Wildman–Crippen LogP) is 1.98. The maximum Gasteiger partial charge on any atom is 0.246 e. The number of carbonyl (C=O) groups excluding carboxylic acids is 1. The highest BCUT2D eigenvalue weighted by Gasteiger charge is 2.19. The van der Waals surface area contributed by atoms with Gasteiger partial charge in [-0.25, -0.2) is 0 Å². The van der Waals surface area contributed by atoms with Crippen molar-refractivity contribution in [2.24, 2.45) is 0 Å². The molecule has 0 saturated carbocycles. The molecule has 0 aromatic carbocycles. The average Bonchev–Trinajstić information content (AvgIpc) is 2.26. The summed E-state index contributed by atoms with van der Waals surface area (Å²) in [6, 6.07) is 0. The van der Waals surface area contributed by atoms with Crippen molar-refractivity contribution in [3.05, 3.63) is 0 Å². The van der Waals surface area contributed by atoms with Gasteiger partial charge in [0.05, 0.1) is 12.2 Å². The lowest BCUT2D eigenvalue weighted by atomic mass is 10.1. The van der Waals surface area contributed by atoms with Crippen molar-refractivity contribution in [2.45, 2.75) is 46.6 Å². The van der Waals surface area contributed by atoms with E-state index in [0.29, 0.717) is 13.2 Å². The van der Waals surface area contributed by atoms with Crippen molar-refractivity contribution < 1.29 is 14.3 Å². The first kappa shape index (κ1) is 17.8. The maximum atomic E-state index is 11.2. The van der Waals surface area contributed by atoms with Crippen molar-refractivity contribution in [3.8, 4) is 0 Å². The lowest BCUT2D eigenvalue weighted by Gasteiger charge is -2.23. The summed E-state index contributed by atoms with van der Waals surface area (Å²) in [6.45, 7) is 11.1. The summed E-state index contributed by atoms with van der Waals surface area (Å²) in [4.78, 5) is 11.2. The standard InChI is InChI=1S/C10H21NO3.C2H6/c1-5-6-11-9(12)7-14-10(2,3)8-13-4;1-2/h5-8H2,1-4H3,(H,11,12);1-2H3. The Morgan fingerprint density at radius 1 is 1.31 bits per heavy atom. The smallest absolute Gasteiger partial charge is 0.246 e. The Morgan fingerprint density at radius 3 is 2.31 bits per heavy atom. The molecule has 0 aromatic rings. The summed E-state index contributed by atoms with van der Waals surface area (Å²) < 4.78 is 10.4. The minimum absolute atomic E-state index is 0.0731. The molecule has 0 radical (unpaired) electrons. The number of carbonyl (C=O) groups is 1. The van der Waals surface area contributed by atoms with Crippen LogP contribution in [0.5, 0.6) is 0 Å². The third-order valence-corrected chi connectivity index (χ3v) is 1.66. The molecule has 16 heavy (non-hydrogen) atoms. The molecule has 0 saturated heterocycles. The van der Waals surface area contributed by atoms with Gasteiger partial charge in [-0.15, -0.1) is 0 Å². The van der Waals surface area contributed by atoms with Crippen LogP contribution >= 0.6 is 0 Å².